The Morgan fingerprint density at radius 3 is 3.24 bits per heavy atom. The SMILES string of the molecule is O=c1nc(N2CCOC[C@H]3C[C@H]32)c2cnc(Cl)c(F)c2[nH]1. The molecule has 1 saturated carbocycles. The van der Waals surface area contributed by atoms with E-state index in [0.717, 1.165) is 13.0 Å². The molecule has 21 heavy (non-hydrogen) atoms. The van der Waals surface area contributed by atoms with Gasteiger partial charge in [0.2, 0.25) is 0 Å². The largest absolute Gasteiger partial charge is 0.379 e. The summed E-state index contributed by atoms with van der Waals surface area (Å²) in [6.45, 7) is 1.91. The number of halogens is 2. The van der Waals surface area contributed by atoms with Crippen molar-refractivity contribution < 1.29 is 9.13 Å². The van der Waals surface area contributed by atoms with Gasteiger partial charge in [-0.25, -0.2) is 14.2 Å². The molecule has 110 valence electrons. The van der Waals surface area contributed by atoms with Crippen LogP contribution in [0, 0.1) is 11.7 Å². The predicted octanol–water partition coefficient (Wildman–Crippen LogP) is 1.34. The number of hydrogen-bond donors (Lipinski definition) is 1. The monoisotopic (exact) mass is 310 g/mol. The lowest BCUT2D eigenvalue weighted by atomic mass is 10.2. The molecule has 0 aromatic carbocycles. The van der Waals surface area contributed by atoms with Crippen LogP contribution in [0.4, 0.5) is 10.2 Å². The molecule has 1 aliphatic heterocycles. The second kappa shape index (κ2) is 4.64. The van der Waals surface area contributed by atoms with Gasteiger partial charge < -0.3 is 14.6 Å². The minimum absolute atomic E-state index is 0.0485. The first-order valence-corrected chi connectivity index (χ1v) is 7.11. The highest BCUT2D eigenvalue weighted by Gasteiger charge is 2.44. The van der Waals surface area contributed by atoms with Crippen LogP contribution >= 0.6 is 11.6 Å². The molecular weight excluding hydrogens is 299 g/mol. The number of nitrogens with one attached hydrogen (secondary N) is 1. The van der Waals surface area contributed by atoms with E-state index in [4.69, 9.17) is 16.3 Å². The van der Waals surface area contributed by atoms with Crippen LogP contribution in [0.25, 0.3) is 10.9 Å². The Balaban J connectivity index is 1.92. The number of rotatable bonds is 1. The van der Waals surface area contributed by atoms with E-state index in [-0.39, 0.29) is 10.7 Å². The van der Waals surface area contributed by atoms with E-state index in [1.165, 1.54) is 6.20 Å². The lowest BCUT2D eigenvalue weighted by molar-refractivity contribution is 0.139. The fourth-order valence-electron chi connectivity index (χ4n) is 2.88. The summed E-state index contributed by atoms with van der Waals surface area (Å²) in [5.74, 6) is 0.178. The van der Waals surface area contributed by atoms with Crippen molar-refractivity contribution in [3.05, 3.63) is 27.7 Å². The van der Waals surface area contributed by atoms with Gasteiger partial charge in [0.15, 0.2) is 11.0 Å². The Hall–Kier alpha value is -1.73. The van der Waals surface area contributed by atoms with Crippen LogP contribution in [0.3, 0.4) is 0 Å². The van der Waals surface area contributed by atoms with Gasteiger partial charge in [-0.2, -0.15) is 4.98 Å². The summed E-state index contributed by atoms with van der Waals surface area (Å²) in [5, 5.41) is 0.197. The number of pyridine rings is 1. The third-order valence-corrected chi connectivity index (χ3v) is 4.29. The summed E-state index contributed by atoms with van der Waals surface area (Å²) in [4.78, 5) is 24.0. The highest BCUT2D eigenvalue weighted by molar-refractivity contribution is 6.30. The van der Waals surface area contributed by atoms with E-state index in [9.17, 15) is 9.18 Å². The maximum absolute atomic E-state index is 14.1. The van der Waals surface area contributed by atoms with Gasteiger partial charge in [0, 0.05) is 24.7 Å². The minimum atomic E-state index is -0.728. The fraction of sp³-hybridized carbons (Fsp3) is 0.462. The maximum Gasteiger partial charge on any atom is 0.347 e. The van der Waals surface area contributed by atoms with Gasteiger partial charge in [-0.15, -0.1) is 0 Å². The molecule has 1 N–H and O–H groups in total. The molecule has 4 rings (SSSR count). The molecule has 0 spiro atoms. The van der Waals surface area contributed by atoms with Crippen molar-refractivity contribution in [3.63, 3.8) is 0 Å². The molecule has 1 saturated heterocycles. The van der Waals surface area contributed by atoms with Crippen LogP contribution in [0.5, 0.6) is 0 Å². The second-order valence-corrected chi connectivity index (χ2v) is 5.71. The summed E-state index contributed by atoms with van der Waals surface area (Å²) in [5.41, 5.74) is -0.548. The first-order valence-electron chi connectivity index (χ1n) is 6.73. The average molecular weight is 311 g/mol. The van der Waals surface area contributed by atoms with Gasteiger partial charge in [0.05, 0.1) is 24.1 Å². The quantitative estimate of drug-likeness (QED) is 0.805. The van der Waals surface area contributed by atoms with Crippen molar-refractivity contribution in [2.75, 3.05) is 24.7 Å². The van der Waals surface area contributed by atoms with Crippen LogP contribution in [0.1, 0.15) is 6.42 Å². The molecule has 0 radical (unpaired) electrons. The topological polar surface area (TPSA) is 71.1 Å². The number of nitrogens with zero attached hydrogens (tertiary/aromatic N) is 3. The Morgan fingerprint density at radius 1 is 1.52 bits per heavy atom. The lowest BCUT2D eigenvalue weighted by Crippen LogP contribution is -2.32. The van der Waals surface area contributed by atoms with Crippen molar-refractivity contribution in [2.24, 2.45) is 5.92 Å². The van der Waals surface area contributed by atoms with E-state index < -0.39 is 11.5 Å². The maximum atomic E-state index is 14.1. The normalized spacial score (nSPS) is 24.8. The predicted molar refractivity (Wildman–Crippen MR) is 75.2 cm³/mol. The second-order valence-electron chi connectivity index (χ2n) is 5.35. The number of fused-ring (bicyclic) bond motifs is 2. The highest BCUT2D eigenvalue weighted by Crippen LogP contribution is 2.41. The zero-order valence-electron chi connectivity index (χ0n) is 11.0. The molecule has 1 aliphatic carbocycles. The minimum Gasteiger partial charge on any atom is -0.379 e. The van der Waals surface area contributed by atoms with Crippen molar-refractivity contribution in [3.8, 4) is 0 Å². The van der Waals surface area contributed by atoms with E-state index >= 15 is 0 Å². The molecule has 2 atom stereocenters. The molecule has 0 amide bonds. The Labute approximate surface area is 123 Å². The van der Waals surface area contributed by atoms with Gasteiger partial charge in [0.1, 0.15) is 5.82 Å². The molecule has 2 aromatic heterocycles. The van der Waals surface area contributed by atoms with Gasteiger partial charge in [-0.3, -0.25) is 0 Å². The van der Waals surface area contributed by atoms with Crippen molar-refractivity contribution >= 4 is 28.3 Å². The summed E-state index contributed by atoms with van der Waals surface area (Å²) in [6.07, 6.45) is 2.45. The number of aromatic nitrogens is 3. The lowest BCUT2D eigenvalue weighted by Gasteiger charge is -2.23. The average Bonchev–Trinajstić information content (AvgIpc) is 3.22. The third kappa shape index (κ3) is 2.08. The van der Waals surface area contributed by atoms with Crippen molar-refractivity contribution in [2.45, 2.75) is 12.5 Å². The molecule has 0 bridgehead atoms. The molecule has 2 aliphatic rings. The first kappa shape index (κ1) is 13.0. The highest BCUT2D eigenvalue weighted by atomic mass is 35.5. The number of aromatic amines is 1. The summed E-state index contributed by atoms with van der Waals surface area (Å²) in [6, 6.07) is 0.295. The van der Waals surface area contributed by atoms with Crippen LogP contribution in [-0.2, 0) is 4.74 Å². The number of hydrogen-bond acceptors (Lipinski definition) is 5. The van der Waals surface area contributed by atoms with Gasteiger partial charge in [0.25, 0.3) is 0 Å². The molecule has 3 heterocycles. The molecule has 8 heteroatoms. The molecule has 2 fully saturated rings. The molecule has 0 unspecified atom stereocenters. The Kier molecular flexibility index (Phi) is 2.87. The number of anilines is 1. The summed E-state index contributed by atoms with van der Waals surface area (Å²) >= 11 is 5.68. The van der Waals surface area contributed by atoms with Crippen LogP contribution in [-0.4, -0.2) is 40.8 Å². The van der Waals surface area contributed by atoms with E-state index in [2.05, 4.69) is 15.0 Å². The van der Waals surface area contributed by atoms with E-state index in [1.807, 2.05) is 4.90 Å². The molecule has 2 aromatic rings. The standard InChI is InChI=1S/C13H12ClFN4O2/c14-11-9(15)10-7(4-16-11)12(18-13(20)17-10)19-1-2-21-5-6-3-8(6)19/h4,6,8H,1-3,5H2,(H,17,18,20)/t6-,8-/m1/s1. The third-order valence-electron chi connectivity index (χ3n) is 4.02. The van der Waals surface area contributed by atoms with Gasteiger partial charge >= 0.3 is 5.69 Å². The molecule has 6 nitrogen and oxygen atoms in total. The summed E-state index contributed by atoms with van der Waals surface area (Å²) < 4.78 is 19.6. The summed E-state index contributed by atoms with van der Waals surface area (Å²) in [7, 11) is 0. The van der Waals surface area contributed by atoms with Crippen molar-refractivity contribution in [1.29, 1.82) is 0 Å². The Bertz CT molecular complexity index is 781. The van der Waals surface area contributed by atoms with Gasteiger partial charge in [-0.1, -0.05) is 11.6 Å². The molecular formula is C13H12ClFN4O2. The van der Waals surface area contributed by atoms with E-state index in [0.29, 0.717) is 36.3 Å². The van der Waals surface area contributed by atoms with Crippen LogP contribution in [0.15, 0.2) is 11.0 Å². The van der Waals surface area contributed by atoms with Crippen molar-refractivity contribution in [1.82, 2.24) is 15.0 Å². The first-order chi connectivity index (χ1) is 10.1. The smallest absolute Gasteiger partial charge is 0.347 e. The zero-order valence-corrected chi connectivity index (χ0v) is 11.7. The van der Waals surface area contributed by atoms with Crippen LogP contribution < -0.4 is 10.6 Å². The zero-order chi connectivity index (χ0) is 14.6. The Morgan fingerprint density at radius 2 is 2.38 bits per heavy atom. The number of ether oxygens (including phenoxy) is 1. The fourth-order valence-corrected chi connectivity index (χ4v) is 3.03. The van der Waals surface area contributed by atoms with Crippen LogP contribution in [0.2, 0.25) is 5.15 Å². The van der Waals surface area contributed by atoms with E-state index in [1.54, 1.807) is 0 Å². The van der Waals surface area contributed by atoms with Gasteiger partial charge in [-0.05, 0) is 6.42 Å². The number of H-pyrrole nitrogens is 1.